The van der Waals surface area contributed by atoms with Gasteiger partial charge in [0.15, 0.2) is 0 Å². The van der Waals surface area contributed by atoms with Crippen LogP contribution in [0.3, 0.4) is 0 Å². The van der Waals surface area contributed by atoms with Crippen molar-refractivity contribution >= 4 is 11.6 Å². The lowest BCUT2D eigenvalue weighted by Gasteiger charge is -2.35. The number of piperazine rings is 1. The molecule has 1 unspecified atom stereocenters. The number of nitrogens with zero attached hydrogens (tertiary/aromatic N) is 3. The second kappa shape index (κ2) is 7.59. The normalized spacial score (nSPS) is 18.5. The molecule has 1 atom stereocenters. The van der Waals surface area contributed by atoms with Gasteiger partial charge in [-0.25, -0.2) is 4.98 Å². The second-order valence-corrected chi connectivity index (χ2v) is 6.19. The van der Waals surface area contributed by atoms with Gasteiger partial charge in [0, 0.05) is 44.8 Å². The van der Waals surface area contributed by atoms with Crippen molar-refractivity contribution in [2.75, 3.05) is 31.5 Å². The summed E-state index contributed by atoms with van der Waals surface area (Å²) in [5.41, 5.74) is 2.09. The van der Waals surface area contributed by atoms with Crippen molar-refractivity contribution < 1.29 is 4.79 Å². The van der Waals surface area contributed by atoms with Gasteiger partial charge in [-0.3, -0.25) is 9.69 Å². The zero-order valence-corrected chi connectivity index (χ0v) is 14.3. The molecular weight excluding hydrogens is 302 g/mol. The number of amides is 1. The summed E-state index contributed by atoms with van der Waals surface area (Å²) in [7, 11) is 1.99. The van der Waals surface area contributed by atoms with Crippen LogP contribution in [-0.2, 0) is 18.3 Å². The molecule has 0 spiro atoms. The van der Waals surface area contributed by atoms with Crippen molar-refractivity contribution in [2.45, 2.75) is 19.4 Å². The van der Waals surface area contributed by atoms with E-state index in [0.717, 1.165) is 37.6 Å². The van der Waals surface area contributed by atoms with Crippen LogP contribution in [0, 0.1) is 0 Å². The molecule has 2 heterocycles. The van der Waals surface area contributed by atoms with Gasteiger partial charge in [-0.1, -0.05) is 19.1 Å². The van der Waals surface area contributed by atoms with Crippen LogP contribution in [0.25, 0.3) is 0 Å². The molecule has 2 N–H and O–H groups in total. The molecule has 0 aliphatic carbocycles. The molecule has 1 aliphatic heterocycles. The number of aryl methyl sites for hydroxylation is 2. The summed E-state index contributed by atoms with van der Waals surface area (Å²) in [6.45, 7) is 5.01. The van der Waals surface area contributed by atoms with Crippen molar-refractivity contribution in [3.63, 3.8) is 0 Å². The molecule has 1 aromatic heterocycles. The summed E-state index contributed by atoms with van der Waals surface area (Å²) in [6.07, 6.45) is 4.71. The third-order valence-corrected chi connectivity index (χ3v) is 4.48. The Balaban J connectivity index is 1.66. The van der Waals surface area contributed by atoms with Gasteiger partial charge in [0.1, 0.15) is 5.82 Å². The standard InChI is InChI=1S/C18H25N5O/c1-3-14-5-4-6-15(11-14)21-17(24)13-23-10-7-19-12-16(23)18-20-8-9-22(18)2/h4-6,8-9,11,16,19H,3,7,10,12-13H2,1-2H3,(H,21,24). The zero-order valence-electron chi connectivity index (χ0n) is 14.3. The molecule has 24 heavy (non-hydrogen) atoms. The molecule has 1 fully saturated rings. The maximum absolute atomic E-state index is 12.5. The number of anilines is 1. The summed E-state index contributed by atoms with van der Waals surface area (Å²) < 4.78 is 2.02. The van der Waals surface area contributed by atoms with E-state index < -0.39 is 0 Å². The molecule has 1 aliphatic rings. The smallest absolute Gasteiger partial charge is 0.238 e. The molecule has 1 saturated heterocycles. The van der Waals surface area contributed by atoms with Crippen molar-refractivity contribution in [3.05, 3.63) is 48.0 Å². The molecule has 128 valence electrons. The van der Waals surface area contributed by atoms with Gasteiger partial charge >= 0.3 is 0 Å². The first-order chi connectivity index (χ1) is 11.7. The van der Waals surface area contributed by atoms with Crippen LogP contribution >= 0.6 is 0 Å². The highest BCUT2D eigenvalue weighted by Crippen LogP contribution is 2.20. The number of hydrogen-bond donors (Lipinski definition) is 2. The number of nitrogens with one attached hydrogen (secondary N) is 2. The van der Waals surface area contributed by atoms with E-state index in [0.29, 0.717) is 6.54 Å². The minimum atomic E-state index is 0.0179. The van der Waals surface area contributed by atoms with Crippen LogP contribution in [0.5, 0.6) is 0 Å². The molecular formula is C18H25N5O. The van der Waals surface area contributed by atoms with Crippen molar-refractivity contribution in [3.8, 4) is 0 Å². The number of imidazole rings is 1. The number of carbonyl (C=O) groups excluding carboxylic acids is 1. The molecule has 6 nitrogen and oxygen atoms in total. The Kier molecular flexibility index (Phi) is 5.27. The summed E-state index contributed by atoms with van der Waals surface area (Å²) in [4.78, 5) is 19.1. The Hall–Kier alpha value is -2.18. The first-order valence-electron chi connectivity index (χ1n) is 8.48. The highest BCUT2D eigenvalue weighted by atomic mass is 16.2. The Morgan fingerprint density at radius 1 is 1.46 bits per heavy atom. The molecule has 0 radical (unpaired) electrons. The molecule has 3 rings (SSSR count). The van der Waals surface area contributed by atoms with Gasteiger partial charge < -0.3 is 15.2 Å². The van der Waals surface area contributed by atoms with Gasteiger partial charge in [-0.05, 0) is 24.1 Å². The minimum Gasteiger partial charge on any atom is -0.337 e. The van der Waals surface area contributed by atoms with Crippen LogP contribution in [-0.4, -0.2) is 46.5 Å². The van der Waals surface area contributed by atoms with Crippen LogP contribution in [0.4, 0.5) is 5.69 Å². The highest BCUT2D eigenvalue weighted by molar-refractivity contribution is 5.92. The Labute approximate surface area is 142 Å². The number of rotatable bonds is 5. The Morgan fingerprint density at radius 2 is 2.33 bits per heavy atom. The third kappa shape index (κ3) is 3.83. The number of hydrogen-bond acceptors (Lipinski definition) is 4. The van der Waals surface area contributed by atoms with E-state index in [1.165, 1.54) is 5.56 Å². The predicted octanol–water partition coefficient (Wildman–Crippen LogP) is 1.57. The molecule has 1 amide bonds. The number of carbonyl (C=O) groups is 1. The first kappa shape index (κ1) is 16.7. The predicted molar refractivity (Wildman–Crippen MR) is 94.8 cm³/mol. The molecule has 6 heteroatoms. The van der Waals surface area contributed by atoms with Crippen LogP contribution < -0.4 is 10.6 Å². The lowest BCUT2D eigenvalue weighted by molar-refractivity contribution is -0.118. The first-order valence-corrected chi connectivity index (χ1v) is 8.48. The van der Waals surface area contributed by atoms with E-state index in [-0.39, 0.29) is 11.9 Å². The van der Waals surface area contributed by atoms with E-state index in [9.17, 15) is 4.79 Å². The Morgan fingerprint density at radius 3 is 3.08 bits per heavy atom. The fraction of sp³-hybridized carbons (Fsp3) is 0.444. The lowest BCUT2D eigenvalue weighted by atomic mass is 10.1. The van der Waals surface area contributed by atoms with Crippen LogP contribution in [0.1, 0.15) is 24.4 Å². The molecule has 0 saturated carbocycles. The SMILES string of the molecule is CCc1cccc(NC(=O)CN2CCNCC2c2nccn2C)c1. The third-order valence-electron chi connectivity index (χ3n) is 4.48. The summed E-state index contributed by atoms with van der Waals surface area (Å²) in [5, 5.41) is 6.41. The minimum absolute atomic E-state index is 0.0179. The fourth-order valence-electron chi connectivity index (χ4n) is 3.14. The molecule has 0 bridgehead atoms. The number of aromatic nitrogens is 2. The molecule has 2 aromatic rings. The van der Waals surface area contributed by atoms with Gasteiger partial charge in [-0.15, -0.1) is 0 Å². The van der Waals surface area contributed by atoms with Gasteiger partial charge in [-0.2, -0.15) is 0 Å². The van der Waals surface area contributed by atoms with Crippen LogP contribution in [0.2, 0.25) is 0 Å². The van der Waals surface area contributed by atoms with Crippen molar-refractivity contribution in [2.24, 2.45) is 7.05 Å². The molecule has 1 aromatic carbocycles. The average Bonchev–Trinajstić information content (AvgIpc) is 3.01. The van der Waals surface area contributed by atoms with E-state index in [2.05, 4.69) is 33.5 Å². The quantitative estimate of drug-likeness (QED) is 0.875. The van der Waals surface area contributed by atoms with Gasteiger partial charge in [0.25, 0.3) is 0 Å². The Bertz CT molecular complexity index is 696. The van der Waals surface area contributed by atoms with Crippen molar-refractivity contribution in [1.29, 1.82) is 0 Å². The monoisotopic (exact) mass is 327 g/mol. The van der Waals surface area contributed by atoms with Crippen LogP contribution in [0.15, 0.2) is 36.7 Å². The van der Waals surface area contributed by atoms with E-state index in [1.807, 2.05) is 36.0 Å². The summed E-state index contributed by atoms with van der Waals surface area (Å²) in [6, 6.07) is 8.14. The van der Waals surface area contributed by atoms with Gasteiger partial charge in [0.2, 0.25) is 5.91 Å². The maximum Gasteiger partial charge on any atom is 0.238 e. The van der Waals surface area contributed by atoms with E-state index >= 15 is 0 Å². The van der Waals surface area contributed by atoms with Gasteiger partial charge in [0.05, 0.1) is 12.6 Å². The lowest BCUT2D eigenvalue weighted by Crippen LogP contribution is -2.49. The highest BCUT2D eigenvalue weighted by Gasteiger charge is 2.28. The largest absolute Gasteiger partial charge is 0.337 e. The maximum atomic E-state index is 12.5. The number of benzene rings is 1. The summed E-state index contributed by atoms with van der Waals surface area (Å²) >= 11 is 0. The van der Waals surface area contributed by atoms with Crippen molar-refractivity contribution in [1.82, 2.24) is 19.8 Å². The summed E-state index contributed by atoms with van der Waals surface area (Å²) in [5.74, 6) is 1.01. The van der Waals surface area contributed by atoms with E-state index in [4.69, 9.17) is 0 Å². The average molecular weight is 327 g/mol. The topological polar surface area (TPSA) is 62.2 Å². The zero-order chi connectivity index (χ0) is 16.9. The van der Waals surface area contributed by atoms with E-state index in [1.54, 1.807) is 6.20 Å². The fourth-order valence-corrected chi connectivity index (χ4v) is 3.14. The second-order valence-electron chi connectivity index (χ2n) is 6.19.